The van der Waals surface area contributed by atoms with Crippen LogP contribution in [0.2, 0.25) is 5.02 Å². The summed E-state index contributed by atoms with van der Waals surface area (Å²) in [7, 11) is -3.68. The van der Waals surface area contributed by atoms with E-state index in [0.29, 0.717) is 52.2 Å². The average Bonchev–Trinajstić information content (AvgIpc) is 2.70. The third-order valence-corrected chi connectivity index (χ3v) is 7.34. The summed E-state index contributed by atoms with van der Waals surface area (Å²) in [5, 5.41) is 3.03. The predicted octanol–water partition coefficient (Wildman–Crippen LogP) is 1.56. The molecule has 0 radical (unpaired) electrons. The van der Waals surface area contributed by atoms with Gasteiger partial charge in [0.15, 0.2) is 0 Å². The SMILES string of the molecule is CC(=O)N1CCC(C(=O)Nc2cc(S(=O)(=O)N3CCOCC3)ccc2Cl)CC1. The van der Waals surface area contributed by atoms with Gasteiger partial charge in [0, 0.05) is 39.0 Å². The molecule has 2 aliphatic heterocycles. The first kappa shape index (κ1) is 21.0. The minimum atomic E-state index is -3.68. The maximum Gasteiger partial charge on any atom is 0.243 e. The maximum absolute atomic E-state index is 12.8. The van der Waals surface area contributed by atoms with Crippen molar-refractivity contribution in [3.05, 3.63) is 23.2 Å². The number of piperidine rings is 1. The van der Waals surface area contributed by atoms with Crippen molar-refractivity contribution in [2.45, 2.75) is 24.7 Å². The molecule has 10 heteroatoms. The summed E-state index contributed by atoms with van der Waals surface area (Å²) in [4.78, 5) is 25.8. The van der Waals surface area contributed by atoms with E-state index in [1.807, 2.05) is 0 Å². The highest BCUT2D eigenvalue weighted by atomic mass is 35.5. The van der Waals surface area contributed by atoms with Crippen LogP contribution in [0.5, 0.6) is 0 Å². The van der Waals surface area contributed by atoms with Crippen molar-refractivity contribution in [3.8, 4) is 0 Å². The van der Waals surface area contributed by atoms with Gasteiger partial charge in [-0.2, -0.15) is 4.31 Å². The molecule has 2 saturated heterocycles. The molecular weight excluding hydrogens is 406 g/mol. The highest BCUT2D eigenvalue weighted by Crippen LogP contribution is 2.29. The van der Waals surface area contributed by atoms with Crippen LogP contribution in [0.1, 0.15) is 19.8 Å². The second-order valence-corrected chi connectivity index (χ2v) is 9.27. The number of benzene rings is 1. The van der Waals surface area contributed by atoms with Gasteiger partial charge in [-0.25, -0.2) is 8.42 Å². The monoisotopic (exact) mass is 429 g/mol. The standard InChI is InChI=1S/C18H24ClN3O5S/c1-13(23)21-6-4-14(5-7-21)18(24)20-17-12-15(2-3-16(17)19)28(25,26)22-8-10-27-11-9-22/h2-3,12,14H,4-11H2,1H3,(H,20,24). The lowest BCUT2D eigenvalue weighted by atomic mass is 9.96. The highest BCUT2D eigenvalue weighted by molar-refractivity contribution is 7.89. The average molecular weight is 430 g/mol. The zero-order valence-electron chi connectivity index (χ0n) is 15.7. The number of ether oxygens (including phenoxy) is 1. The van der Waals surface area contributed by atoms with Crippen molar-refractivity contribution >= 4 is 39.1 Å². The minimum absolute atomic E-state index is 0.00271. The van der Waals surface area contributed by atoms with Gasteiger partial charge in [-0.15, -0.1) is 0 Å². The fourth-order valence-corrected chi connectivity index (χ4v) is 4.99. The van der Waals surface area contributed by atoms with E-state index in [-0.39, 0.29) is 33.3 Å². The fourth-order valence-electron chi connectivity index (χ4n) is 3.39. The van der Waals surface area contributed by atoms with Crippen molar-refractivity contribution in [1.82, 2.24) is 9.21 Å². The Morgan fingerprint density at radius 2 is 1.79 bits per heavy atom. The molecule has 2 aliphatic rings. The lowest BCUT2D eigenvalue weighted by Gasteiger charge is -2.30. The van der Waals surface area contributed by atoms with Gasteiger partial charge in [0.05, 0.1) is 28.8 Å². The van der Waals surface area contributed by atoms with Gasteiger partial charge < -0.3 is 15.0 Å². The molecule has 0 aromatic heterocycles. The Morgan fingerprint density at radius 3 is 2.39 bits per heavy atom. The van der Waals surface area contributed by atoms with Crippen LogP contribution < -0.4 is 5.32 Å². The number of hydrogen-bond donors (Lipinski definition) is 1. The minimum Gasteiger partial charge on any atom is -0.379 e. The molecule has 28 heavy (non-hydrogen) atoms. The van der Waals surface area contributed by atoms with Crippen LogP contribution in [0.15, 0.2) is 23.1 Å². The molecule has 154 valence electrons. The number of carbonyl (C=O) groups is 2. The van der Waals surface area contributed by atoms with Gasteiger partial charge in [0.2, 0.25) is 21.8 Å². The van der Waals surface area contributed by atoms with E-state index in [2.05, 4.69) is 5.32 Å². The molecular formula is C18H24ClN3O5S. The number of likely N-dealkylation sites (tertiary alicyclic amines) is 1. The zero-order chi connectivity index (χ0) is 20.3. The Hall–Kier alpha value is -1.68. The molecule has 0 spiro atoms. The molecule has 0 saturated carbocycles. The third-order valence-electron chi connectivity index (χ3n) is 5.11. The van der Waals surface area contributed by atoms with Gasteiger partial charge >= 0.3 is 0 Å². The largest absolute Gasteiger partial charge is 0.379 e. The molecule has 8 nitrogen and oxygen atoms in total. The highest BCUT2D eigenvalue weighted by Gasteiger charge is 2.29. The van der Waals surface area contributed by atoms with Gasteiger partial charge in [0.1, 0.15) is 0 Å². The second kappa shape index (κ2) is 8.77. The van der Waals surface area contributed by atoms with Crippen molar-refractivity contribution in [3.63, 3.8) is 0 Å². The van der Waals surface area contributed by atoms with E-state index in [9.17, 15) is 18.0 Å². The molecule has 2 fully saturated rings. The van der Waals surface area contributed by atoms with E-state index in [1.165, 1.54) is 29.4 Å². The van der Waals surface area contributed by atoms with Crippen molar-refractivity contribution in [2.24, 2.45) is 5.92 Å². The summed E-state index contributed by atoms with van der Waals surface area (Å²) in [5.41, 5.74) is 0.273. The Balaban J connectivity index is 1.71. The van der Waals surface area contributed by atoms with Crippen LogP contribution in [-0.2, 0) is 24.3 Å². The summed E-state index contributed by atoms with van der Waals surface area (Å²) in [6, 6.07) is 4.31. The first-order valence-electron chi connectivity index (χ1n) is 9.23. The quantitative estimate of drug-likeness (QED) is 0.783. The van der Waals surface area contributed by atoms with Crippen molar-refractivity contribution < 1.29 is 22.7 Å². The number of anilines is 1. The summed E-state index contributed by atoms with van der Waals surface area (Å²) in [6.07, 6.45) is 1.13. The van der Waals surface area contributed by atoms with Crippen molar-refractivity contribution in [1.29, 1.82) is 0 Å². The molecule has 1 aromatic rings. The van der Waals surface area contributed by atoms with E-state index < -0.39 is 10.0 Å². The molecule has 0 bridgehead atoms. The second-order valence-electron chi connectivity index (χ2n) is 6.93. The Kier molecular flexibility index (Phi) is 6.59. The molecule has 3 rings (SSSR count). The number of hydrogen-bond acceptors (Lipinski definition) is 5. The normalized spacial score (nSPS) is 19.4. The first-order valence-corrected chi connectivity index (χ1v) is 11.0. The summed E-state index contributed by atoms with van der Waals surface area (Å²) >= 11 is 6.18. The molecule has 2 amide bonds. The number of nitrogens with one attached hydrogen (secondary N) is 1. The number of sulfonamides is 1. The summed E-state index contributed by atoms with van der Waals surface area (Å²) in [6.45, 7) is 3.88. The number of rotatable bonds is 4. The molecule has 1 N–H and O–H groups in total. The van der Waals surface area contributed by atoms with Gasteiger partial charge in [-0.3, -0.25) is 9.59 Å². The van der Waals surface area contributed by atoms with Gasteiger partial charge in [0.25, 0.3) is 0 Å². The summed E-state index contributed by atoms with van der Waals surface area (Å²) < 4.78 is 32.2. The lowest BCUT2D eigenvalue weighted by molar-refractivity contribution is -0.132. The molecule has 2 heterocycles. The number of amides is 2. The Bertz CT molecular complexity index is 847. The molecule has 1 aromatic carbocycles. The number of morpholine rings is 1. The van der Waals surface area contributed by atoms with Crippen LogP contribution in [0.4, 0.5) is 5.69 Å². The lowest BCUT2D eigenvalue weighted by Crippen LogP contribution is -2.41. The molecule has 0 unspecified atom stereocenters. The van der Waals surface area contributed by atoms with Crippen LogP contribution in [-0.4, -0.2) is 68.8 Å². The first-order chi connectivity index (χ1) is 13.3. The van der Waals surface area contributed by atoms with Crippen LogP contribution in [0.25, 0.3) is 0 Å². The maximum atomic E-state index is 12.8. The zero-order valence-corrected chi connectivity index (χ0v) is 17.3. The predicted molar refractivity (Wildman–Crippen MR) is 105 cm³/mol. The number of carbonyl (C=O) groups excluding carboxylic acids is 2. The smallest absolute Gasteiger partial charge is 0.243 e. The Labute approximate surface area is 169 Å². The van der Waals surface area contributed by atoms with Crippen LogP contribution in [0.3, 0.4) is 0 Å². The van der Waals surface area contributed by atoms with E-state index in [4.69, 9.17) is 16.3 Å². The number of halogens is 1. The van der Waals surface area contributed by atoms with E-state index in [1.54, 1.807) is 4.90 Å². The topological polar surface area (TPSA) is 96.0 Å². The molecule has 0 atom stereocenters. The molecule has 0 aliphatic carbocycles. The van der Waals surface area contributed by atoms with Crippen LogP contribution in [0, 0.1) is 5.92 Å². The van der Waals surface area contributed by atoms with Gasteiger partial charge in [-0.1, -0.05) is 11.6 Å². The third kappa shape index (κ3) is 4.65. The van der Waals surface area contributed by atoms with Gasteiger partial charge in [-0.05, 0) is 31.0 Å². The van der Waals surface area contributed by atoms with Crippen LogP contribution >= 0.6 is 11.6 Å². The summed E-state index contributed by atoms with van der Waals surface area (Å²) in [5.74, 6) is -0.458. The number of nitrogens with zero attached hydrogens (tertiary/aromatic N) is 2. The van der Waals surface area contributed by atoms with E-state index in [0.717, 1.165) is 0 Å². The fraction of sp³-hybridized carbons (Fsp3) is 0.556. The van der Waals surface area contributed by atoms with E-state index >= 15 is 0 Å². The van der Waals surface area contributed by atoms with Crippen molar-refractivity contribution in [2.75, 3.05) is 44.7 Å². The Morgan fingerprint density at radius 1 is 1.14 bits per heavy atom.